The van der Waals surface area contributed by atoms with E-state index in [9.17, 15) is 0 Å². The summed E-state index contributed by atoms with van der Waals surface area (Å²) in [7, 11) is 1.82. The molecule has 0 aromatic carbocycles. The van der Waals surface area contributed by atoms with Gasteiger partial charge in [0.2, 0.25) is 0 Å². The van der Waals surface area contributed by atoms with Crippen molar-refractivity contribution in [3.8, 4) is 0 Å². The SMILES string of the molecule is COC1CCCCC1C(N)C(C)C. The number of methoxy groups -OCH3 is 1. The number of nitrogens with two attached hydrogens (primary N) is 1. The molecule has 1 fully saturated rings. The lowest BCUT2D eigenvalue weighted by atomic mass is 9.78. The van der Waals surface area contributed by atoms with Crippen LogP contribution in [0.2, 0.25) is 0 Å². The molecule has 0 aliphatic heterocycles. The predicted octanol–water partition coefficient (Wildman–Crippen LogP) is 2.17. The summed E-state index contributed by atoms with van der Waals surface area (Å²) >= 11 is 0. The zero-order valence-electron chi connectivity index (χ0n) is 9.12. The van der Waals surface area contributed by atoms with Gasteiger partial charge in [-0.2, -0.15) is 0 Å². The van der Waals surface area contributed by atoms with Crippen molar-refractivity contribution in [3.05, 3.63) is 0 Å². The van der Waals surface area contributed by atoms with E-state index in [1.807, 2.05) is 7.11 Å². The van der Waals surface area contributed by atoms with Gasteiger partial charge in [0.1, 0.15) is 0 Å². The first-order valence-electron chi connectivity index (χ1n) is 5.45. The van der Waals surface area contributed by atoms with Crippen LogP contribution in [0.1, 0.15) is 39.5 Å². The normalized spacial score (nSPS) is 32.1. The molecule has 1 saturated carbocycles. The predicted molar refractivity (Wildman–Crippen MR) is 55.6 cm³/mol. The van der Waals surface area contributed by atoms with Crippen LogP contribution in [0, 0.1) is 11.8 Å². The van der Waals surface area contributed by atoms with Crippen LogP contribution in [-0.4, -0.2) is 19.3 Å². The molecule has 0 aromatic rings. The van der Waals surface area contributed by atoms with Crippen LogP contribution in [0.5, 0.6) is 0 Å². The van der Waals surface area contributed by atoms with E-state index in [1.165, 1.54) is 25.7 Å². The maximum Gasteiger partial charge on any atom is 0.0614 e. The summed E-state index contributed by atoms with van der Waals surface area (Å²) in [5.41, 5.74) is 6.18. The number of hydrogen-bond acceptors (Lipinski definition) is 2. The van der Waals surface area contributed by atoms with E-state index in [4.69, 9.17) is 10.5 Å². The molecule has 0 heterocycles. The molecule has 13 heavy (non-hydrogen) atoms. The first-order valence-corrected chi connectivity index (χ1v) is 5.45. The van der Waals surface area contributed by atoms with Crippen molar-refractivity contribution in [1.29, 1.82) is 0 Å². The fraction of sp³-hybridized carbons (Fsp3) is 1.00. The molecule has 1 aliphatic rings. The van der Waals surface area contributed by atoms with E-state index < -0.39 is 0 Å². The maximum atomic E-state index is 6.18. The highest BCUT2D eigenvalue weighted by atomic mass is 16.5. The monoisotopic (exact) mass is 185 g/mol. The Kier molecular flexibility index (Phi) is 4.20. The molecule has 3 atom stereocenters. The molecule has 2 heteroatoms. The first-order chi connectivity index (χ1) is 6.16. The van der Waals surface area contributed by atoms with E-state index in [0.717, 1.165) is 0 Å². The zero-order valence-corrected chi connectivity index (χ0v) is 9.12. The van der Waals surface area contributed by atoms with Gasteiger partial charge in [-0.25, -0.2) is 0 Å². The summed E-state index contributed by atoms with van der Waals surface area (Å²) < 4.78 is 5.50. The van der Waals surface area contributed by atoms with Gasteiger partial charge in [0.05, 0.1) is 6.10 Å². The largest absolute Gasteiger partial charge is 0.381 e. The van der Waals surface area contributed by atoms with Gasteiger partial charge in [0, 0.05) is 19.1 Å². The fourth-order valence-electron chi connectivity index (χ4n) is 2.35. The minimum Gasteiger partial charge on any atom is -0.381 e. The Balaban J connectivity index is 2.53. The highest BCUT2D eigenvalue weighted by Crippen LogP contribution is 2.30. The summed E-state index contributed by atoms with van der Waals surface area (Å²) in [5, 5.41) is 0. The summed E-state index contributed by atoms with van der Waals surface area (Å²) in [6.45, 7) is 4.40. The maximum absolute atomic E-state index is 6.18. The Labute approximate surface area is 81.8 Å². The van der Waals surface area contributed by atoms with Gasteiger partial charge in [-0.05, 0) is 18.8 Å². The van der Waals surface area contributed by atoms with Crippen molar-refractivity contribution in [3.63, 3.8) is 0 Å². The summed E-state index contributed by atoms with van der Waals surface area (Å²) in [6, 6.07) is 0.310. The Morgan fingerprint density at radius 1 is 1.23 bits per heavy atom. The molecule has 2 nitrogen and oxygen atoms in total. The molecular weight excluding hydrogens is 162 g/mol. The van der Waals surface area contributed by atoms with Crippen molar-refractivity contribution in [2.75, 3.05) is 7.11 Å². The molecular formula is C11H23NO. The average molecular weight is 185 g/mol. The highest BCUT2D eigenvalue weighted by Gasteiger charge is 2.31. The second-order valence-corrected chi connectivity index (χ2v) is 4.54. The summed E-state index contributed by atoms with van der Waals surface area (Å²) in [4.78, 5) is 0. The zero-order chi connectivity index (χ0) is 9.84. The van der Waals surface area contributed by atoms with E-state index in [1.54, 1.807) is 0 Å². The summed E-state index contributed by atoms with van der Waals surface area (Å²) in [5.74, 6) is 1.15. The second-order valence-electron chi connectivity index (χ2n) is 4.54. The molecule has 1 rings (SSSR count). The lowest BCUT2D eigenvalue weighted by Crippen LogP contribution is -2.43. The van der Waals surface area contributed by atoms with Crippen LogP contribution >= 0.6 is 0 Å². The minimum absolute atomic E-state index is 0.310. The van der Waals surface area contributed by atoms with Gasteiger partial charge in [0.25, 0.3) is 0 Å². The van der Waals surface area contributed by atoms with Crippen LogP contribution in [0.15, 0.2) is 0 Å². The molecule has 0 spiro atoms. The average Bonchev–Trinajstić information content (AvgIpc) is 2.16. The molecule has 0 bridgehead atoms. The minimum atomic E-state index is 0.310. The van der Waals surface area contributed by atoms with Gasteiger partial charge >= 0.3 is 0 Å². The molecule has 3 unspecified atom stereocenters. The van der Waals surface area contributed by atoms with Crippen molar-refractivity contribution >= 4 is 0 Å². The molecule has 78 valence electrons. The molecule has 2 N–H and O–H groups in total. The molecule has 1 aliphatic carbocycles. The van der Waals surface area contributed by atoms with Gasteiger partial charge in [0.15, 0.2) is 0 Å². The van der Waals surface area contributed by atoms with E-state index in [0.29, 0.717) is 24.0 Å². The van der Waals surface area contributed by atoms with Crippen molar-refractivity contribution in [2.24, 2.45) is 17.6 Å². The molecule has 0 amide bonds. The smallest absolute Gasteiger partial charge is 0.0614 e. The quantitative estimate of drug-likeness (QED) is 0.731. The van der Waals surface area contributed by atoms with Crippen LogP contribution in [0.4, 0.5) is 0 Å². The van der Waals surface area contributed by atoms with Gasteiger partial charge < -0.3 is 10.5 Å². The standard InChI is InChI=1S/C11H23NO/c1-8(2)11(12)9-6-4-5-7-10(9)13-3/h8-11H,4-7,12H2,1-3H3. The Bertz CT molecular complexity index is 145. The molecule has 0 aromatic heterocycles. The third-order valence-corrected chi connectivity index (χ3v) is 3.32. The van der Waals surface area contributed by atoms with Crippen LogP contribution in [0.3, 0.4) is 0 Å². The first kappa shape index (κ1) is 11.0. The Hall–Kier alpha value is -0.0800. The number of rotatable bonds is 3. The van der Waals surface area contributed by atoms with Gasteiger partial charge in [-0.15, -0.1) is 0 Å². The number of ether oxygens (including phenoxy) is 1. The fourth-order valence-corrected chi connectivity index (χ4v) is 2.35. The Morgan fingerprint density at radius 2 is 1.85 bits per heavy atom. The van der Waals surface area contributed by atoms with Crippen LogP contribution in [0.25, 0.3) is 0 Å². The van der Waals surface area contributed by atoms with E-state index >= 15 is 0 Å². The third kappa shape index (κ3) is 2.68. The van der Waals surface area contributed by atoms with Crippen molar-refractivity contribution in [2.45, 2.75) is 51.7 Å². The van der Waals surface area contributed by atoms with E-state index in [2.05, 4.69) is 13.8 Å². The lowest BCUT2D eigenvalue weighted by molar-refractivity contribution is 0.00719. The van der Waals surface area contributed by atoms with Crippen molar-refractivity contribution < 1.29 is 4.74 Å². The third-order valence-electron chi connectivity index (χ3n) is 3.32. The van der Waals surface area contributed by atoms with Gasteiger partial charge in [-0.3, -0.25) is 0 Å². The highest BCUT2D eigenvalue weighted by molar-refractivity contribution is 4.85. The lowest BCUT2D eigenvalue weighted by Gasteiger charge is -2.36. The van der Waals surface area contributed by atoms with Crippen molar-refractivity contribution in [1.82, 2.24) is 0 Å². The van der Waals surface area contributed by atoms with Crippen LogP contribution in [-0.2, 0) is 4.74 Å². The van der Waals surface area contributed by atoms with Crippen LogP contribution < -0.4 is 5.73 Å². The van der Waals surface area contributed by atoms with Gasteiger partial charge in [-0.1, -0.05) is 26.7 Å². The second kappa shape index (κ2) is 4.97. The molecule has 0 saturated heterocycles. The Morgan fingerprint density at radius 3 is 2.38 bits per heavy atom. The number of hydrogen-bond donors (Lipinski definition) is 1. The molecule has 0 radical (unpaired) electrons. The summed E-state index contributed by atoms with van der Waals surface area (Å²) in [6.07, 6.45) is 5.48. The topological polar surface area (TPSA) is 35.2 Å². The van der Waals surface area contributed by atoms with E-state index in [-0.39, 0.29) is 0 Å².